The third-order valence-electron chi connectivity index (χ3n) is 8.46. The largest absolute Gasteiger partial charge is 0.393 e. The Hall–Kier alpha value is -0.0800. The molecule has 1 unspecified atom stereocenters. The first-order valence-electron chi connectivity index (χ1n) is 9.38. The molecule has 0 saturated heterocycles. The van der Waals surface area contributed by atoms with Gasteiger partial charge in [0.1, 0.15) is 0 Å². The van der Waals surface area contributed by atoms with E-state index >= 15 is 0 Å². The number of fused-ring (bicyclic) bond motifs is 5. The number of nitrogens with two attached hydrogens (primary N) is 1. The van der Waals surface area contributed by atoms with Gasteiger partial charge in [-0.05, 0) is 85.9 Å². The van der Waals surface area contributed by atoms with Gasteiger partial charge in [0.2, 0.25) is 0 Å². The molecule has 0 aromatic carbocycles. The van der Waals surface area contributed by atoms with Crippen LogP contribution in [-0.4, -0.2) is 17.3 Å². The average Bonchev–Trinajstić information content (AvgIpc) is 2.73. The molecule has 120 valence electrons. The van der Waals surface area contributed by atoms with E-state index < -0.39 is 0 Å². The first-order chi connectivity index (χ1) is 9.94. The Morgan fingerprint density at radius 2 is 1.76 bits per heavy atom. The molecule has 0 aliphatic heterocycles. The number of aliphatic hydroxyl groups excluding tert-OH is 1. The van der Waals surface area contributed by atoms with Crippen molar-refractivity contribution in [2.24, 2.45) is 40.2 Å². The van der Waals surface area contributed by atoms with Crippen LogP contribution in [0.1, 0.15) is 71.6 Å². The second-order valence-electron chi connectivity index (χ2n) is 9.41. The van der Waals surface area contributed by atoms with Gasteiger partial charge in [0.05, 0.1) is 6.10 Å². The SMILES string of the molecule is C[C@]12CC[C@H]3[C@@H](CC[C@H]4C(N)CCC[C@@]43C)[C@@H]1C[C@H](O)C2. The summed E-state index contributed by atoms with van der Waals surface area (Å²) in [5.41, 5.74) is 7.44. The van der Waals surface area contributed by atoms with Crippen LogP contribution >= 0.6 is 0 Å². The third kappa shape index (κ3) is 1.97. The monoisotopic (exact) mass is 291 g/mol. The molecule has 0 spiro atoms. The highest BCUT2D eigenvalue weighted by atomic mass is 16.3. The van der Waals surface area contributed by atoms with Crippen LogP contribution in [0.15, 0.2) is 0 Å². The van der Waals surface area contributed by atoms with Crippen molar-refractivity contribution in [2.75, 3.05) is 0 Å². The van der Waals surface area contributed by atoms with Crippen LogP contribution in [0.2, 0.25) is 0 Å². The van der Waals surface area contributed by atoms with E-state index in [9.17, 15) is 5.11 Å². The van der Waals surface area contributed by atoms with E-state index in [-0.39, 0.29) is 6.10 Å². The molecule has 8 atom stereocenters. The van der Waals surface area contributed by atoms with Crippen LogP contribution in [-0.2, 0) is 0 Å². The zero-order valence-corrected chi connectivity index (χ0v) is 13.9. The first kappa shape index (κ1) is 14.5. The van der Waals surface area contributed by atoms with Crippen LogP contribution in [0, 0.1) is 34.5 Å². The van der Waals surface area contributed by atoms with Crippen molar-refractivity contribution in [1.82, 2.24) is 0 Å². The lowest BCUT2D eigenvalue weighted by Crippen LogP contribution is -2.56. The Kier molecular flexibility index (Phi) is 3.25. The van der Waals surface area contributed by atoms with Gasteiger partial charge in [0, 0.05) is 6.04 Å². The molecular weight excluding hydrogens is 258 g/mol. The Morgan fingerprint density at radius 3 is 2.57 bits per heavy atom. The summed E-state index contributed by atoms with van der Waals surface area (Å²) in [4.78, 5) is 0. The summed E-state index contributed by atoms with van der Waals surface area (Å²) in [6, 6.07) is 0.451. The zero-order valence-electron chi connectivity index (χ0n) is 13.9. The molecule has 3 N–H and O–H groups in total. The molecule has 4 aliphatic rings. The number of hydrogen-bond donors (Lipinski definition) is 2. The van der Waals surface area contributed by atoms with Crippen LogP contribution in [0.3, 0.4) is 0 Å². The first-order valence-corrected chi connectivity index (χ1v) is 9.38. The smallest absolute Gasteiger partial charge is 0.0548 e. The lowest BCUT2D eigenvalue weighted by Gasteiger charge is -2.61. The van der Waals surface area contributed by atoms with Crippen LogP contribution in [0.4, 0.5) is 0 Å². The molecule has 4 saturated carbocycles. The summed E-state index contributed by atoms with van der Waals surface area (Å²) < 4.78 is 0. The quantitative estimate of drug-likeness (QED) is 0.714. The van der Waals surface area contributed by atoms with Crippen LogP contribution in [0.25, 0.3) is 0 Å². The van der Waals surface area contributed by atoms with E-state index in [1.54, 1.807) is 0 Å². The zero-order chi connectivity index (χ0) is 14.8. The lowest BCUT2D eigenvalue weighted by molar-refractivity contribution is -0.108. The molecule has 4 rings (SSSR count). The molecule has 0 heterocycles. The molecule has 0 aromatic rings. The van der Waals surface area contributed by atoms with Crippen molar-refractivity contribution in [3.63, 3.8) is 0 Å². The molecule has 4 aliphatic carbocycles. The molecule has 0 amide bonds. The van der Waals surface area contributed by atoms with Crippen molar-refractivity contribution >= 4 is 0 Å². The minimum atomic E-state index is -0.0297. The van der Waals surface area contributed by atoms with E-state index in [0.29, 0.717) is 16.9 Å². The second kappa shape index (κ2) is 4.71. The van der Waals surface area contributed by atoms with Gasteiger partial charge < -0.3 is 10.8 Å². The van der Waals surface area contributed by atoms with Gasteiger partial charge >= 0.3 is 0 Å². The average molecular weight is 291 g/mol. The summed E-state index contributed by atoms with van der Waals surface area (Å²) in [5, 5.41) is 10.2. The van der Waals surface area contributed by atoms with E-state index in [4.69, 9.17) is 5.73 Å². The van der Waals surface area contributed by atoms with Gasteiger partial charge in [-0.2, -0.15) is 0 Å². The second-order valence-corrected chi connectivity index (χ2v) is 9.41. The van der Waals surface area contributed by atoms with E-state index in [1.165, 1.54) is 44.9 Å². The van der Waals surface area contributed by atoms with Crippen molar-refractivity contribution in [3.8, 4) is 0 Å². The third-order valence-corrected chi connectivity index (χ3v) is 8.46. The fourth-order valence-corrected chi connectivity index (χ4v) is 7.50. The molecule has 0 radical (unpaired) electrons. The fourth-order valence-electron chi connectivity index (χ4n) is 7.50. The number of rotatable bonds is 0. The Balaban J connectivity index is 1.64. The molecule has 0 aromatic heterocycles. The fraction of sp³-hybridized carbons (Fsp3) is 1.00. The summed E-state index contributed by atoms with van der Waals surface area (Å²) >= 11 is 0. The molecule has 2 heteroatoms. The van der Waals surface area contributed by atoms with Gasteiger partial charge in [0.15, 0.2) is 0 Å². The highest BCUT2D eigenvalue weighted by Gasteiger charge is 2.59. The topological polar surface area (TPSA) is 46.2 Å². The maximum Gasteiger partial charge on any atom is 0.0548 e. The van der Waals surface area contributed by atoms with Gasteiger partial charge in [0.25, 0.3) is 0 Å². The highest BCUT2D eigenvalue weighted by molar-refractivity contribution is 5.09. The van der Waals surface area contributed by atoms with E-state index in [1.807, 2.05) is 0 Å². The van der Waals surface area contributed by atoms with Gasteiger partial charge in [-0.1, -0.05) is 20.3 Å². The normalized spacial score (nSPS) is 60.0. The van der Waals surface area contributed by atoms with Crippen LogP contribution in [0.5, 0.6) is 0 Å². The predicted octanol–water partition coefficient (Wildman–Crippen LogP) is 3.72. The van der Waals surface area contributed by atoms with Gasteiger partial charge in [-0.3, -0.25) is 0 Å². The molecule has 21 heavy (non-hydrogen) atoms. The summed E-state index contributed by atoms with van der Waals surface area (Å²) in [6.07, 6.45) is 11.5. The Morgan fingerprint density at radius 1 is 0.952 bits per heavy atom. The molecule has 0 bridgehead atoms. The summed E-state index contributed by atoms with van der Waals surface area (Å²) in [6.45, 7) is 5.03. The van der Waals surface area contributed by atoms with Gasteiger partial charge in [-0.25, -0.2) is 0 Å². The van der Waals surface area contributed by atoms with Gasteiger partial charge in [-0.15, -0.1) is 0 Å². The Bertz CT molecular complexity index is 424. The van der Waals surface area contributed by atoms with Crippen molar-refractivity contribution in [3.05, 3.63) is 0 Å². The minimum absolute atomic E-state index is 0.0297. The summed E-state index contributed by atoms with van der Waals surface area (Å²) in [5.74, 6) is 3.30. The summed E-state index contributed by atoms with van der Waals surface area (Å²) in [7, 11) is 0. The maximum atomic E-state index is 10.2. The number of aliphatic hydroxyl groups is 1. The lowest BCUT2D eigenvalue weighted by atomic mass is 9.45. The predicted molar refractivity (Wildman–Crippen MR) is 85.7 cm³/mol. The molecular formula is C19H33NO. The highest BCUT2D eigenvalue weighted by Crippen LogP contribution is 2.65. The maximum absolute atomic E-state index is 10.2. The van der Waals surface area contributed by atoms with Crippen LogP contribution < -0.4 is 5.73 Å². The standard InChI is InChI=1S/C19H33NO/c1-18-9-7-14-13(16(18)10-12(21)11-18)5-6-15-17(20)4-3-8-19(14,15)2/h12-17,21H,3-11,20H2,1-2H3/t12-,13+,14-,15-,16-,17?,18+,19+/m0/s1. The Labute approximate surface area is 129 Å². The van der Waals surface area contributed by atoms with E-state index in [2.05, 4.69) is 13.8 Å². The van der Waals surface area contributed by atoms with Crippen molar-refractivity contribution < 1.29 is 5.11 Å². The van der Waals surface area contributed by atoms with E-state index in [0.717, 1.165) is 36.5 Å². The number of hydrogen-bond acceptors (Lipinski definition) is 2. The van der Waals surface area contributed by atoms with Crippen molar-refractivity contribution in [1.29, 1.82) is 0 Å². The minimum Gasteiger partial charge on any atom is -0.393 e. The molecule has 2 nitrogen and oxygen atoms in total. The van der Waals surface area contributed by atoms with Crippen molar-refractivity contribution in [2.45, 2.75) is 83.8 Å². The molecule has 4 fully saturated rings.